The first-order chi connectivity index (χ1) is 7.63. The van der Waals surface area contributed by atoms with Gasteiger partial charge in [-0.05, 0) is 31.5 Å². The van der Waals surface area contributed by atoms with Crippen LogP contribution in [0.25, 0.3) is 6.08 Å². The van der Waals surface area contributed by atoms with E-state index in [2.05, 4.69) is 0 Å². The lowest BCUT2D eigenvalue weighted by molar-refractivity contribution is -0.116. The molecular weight excluding hydrogens is 207 g/mol. The summed E-state index contributed by atoms with van der Waals surface area (Å²) in [7, 11) is 1.54. The van der Waals surface area contributed by atoms with Crippen LogP contribution in [0, 0.1) is 5.82 Å². The second-order valence-corrected chi connectivity index (χ2v) is 3.53. The molecule has 0 heterocycles. The zero-order valence-corrected chi connectivity index (χ0v) is 9.50. The third-order valence-corrected chi connectivity index (χ3v) is 2.15. The molecular formula is C13H15FO2. The summed E-state index contributed by atoms with van der Waals surface area (Å²) in [5.74, 6) is 0.475. The molecule has 16 heavy (non-hydrogen) atoms. The Balaban J connectivity index is 2.71. The highest BCUT2D eigenvalue weighted by atomic mass is 19.1. The molecule has 0 saturated carbocycles. The van der Waals surface area contributed by atoms with Crippen LogP contribution >= 0.6 is 0 Å². The molecule has 0 aromatic heterocycles. The highest BCUT2D eigenvalue weighted by molar-refractivity contribution is 5.75. The Morgan fingerprint density at radius 3 is 2.88 bits per heavy atom. The maximum Gasteiger partial charge on any atom is 0.130 e. The van der Waals surface area contributed by atoms with Gasteiger partial charge in [0.1, 0.15) is 17.3 Å². The van der Waals surface area contributed by atoms with E-state index < -0.39 is 0 Å². The summed E-state index contributed by atoms with van der Waals surface area (Å²) in [4.78, 5) is 10.7. The van der Waals surface area contributed by atoms with Gasteiger partial charge < -0.3 is 9.53 Å². The summed E-state index contributed by atoms with van der Waals surface area (Å²) in [5.41, 5.74) is 0.686. The quantitative estimate of drug-likeness (QED) is 0.764. The van der Waals surface area contributed by atoms with Gasteiger partial charge in [-0.1, -0.05) is 12.2 Å². The van der Waals surface area contributed by atoms with Crippen LogP contribution in [0.3, 0.4) is 0 Å². The van der Waals surface area contributed by atoms with E-state index in [4.69, 9.17) is 4.74 Å². The van der Waals surface area contributed by atoms with Crippen LogP contribution in [0.4, 0.5) is 4.39 Å². The Morgan fingerprint density at radius 2 is 2.25 bits per heavy atom. The zero-order valence-electron chi connectivity index (χ0n) is 9.50. The van der Waals surface area contributed by atoms with Crippen LogP contribution in [-0.2, 0) is 4.79 Å². The van der Waals surface area contributed by atoms with E-state index in [1.807, 2.05) is 6.08 Å². The largest absolute Gasteiger partial charge is 0.496 e. The van der Waals surface area contributed by atoms with E-state index >= 15 is 0 Å². The Kier molecular flexibility index (Phi) is 4.70. The van der Waals surface area contributed by atoms with Crippen molar-refractivity contribution in [1.82, 2.24) is 0 Å². The Labute approximate surface area is 94.7 Å². The van der Waals surface area contributed by atoms with Gasteiger partial charge in [0.15, 0.2) is 0 Å². The number of benzene rings is 1. The fourth-order valence-electron chi connectivity index (χ4n) is 1.33. The molecule has 86 valence electrons. The topological polar surface area (TPSA) is 26.3 Å². The fraction of sp³-hybridized carbons (Fsp3) is 0.308. The molecule has 0 aliphatic carbocycles. The molecule has 0 bridgehead atoms. The second kappa shape index (κ2) is 6.05. The Bertz CT molecular complexity index is 397. The van der Waals surface area contributed by atoms with Crippen LogP contribution in [-0.4, -0.2) is 12.9 Å². The fourth-order valence-corrected chi connectivity index (χ4v) is 1.33. The first-order valence-corrected chi connectivity index (χ1v) is 5.13. The number of rotatable bonds is 5. The van der Waals surface area contributed by atoms with Gasteiger partial charge >= 0.3 is 0 Å². The number of methoxy groups -OCH3 is 1. The van der Waals surface area contributed by atoms with Crippen molar-refractivity contribution in [2.75, 3.05) is 7.11 Å². The van der Waals surface area contributed by atoms with Gasteiger partial charge in [0, 0.05) is 12.0 Å². The summed E-state index contributed by atoms with van der Waals surface area (Å²) in [6.45, 7) is 1.55. The van der Waals surface area contributed by atoms with Gasteiger partial charge in [-0.2, -0.15) is 0 Å². The van der Waals surface area contributed by atoms with Crippen molar-refractivity contribution >= 4 is 11.9 Å². The minimum atomic E-state index is -0.299. The first kappa shape index (κ1) is 12.4. The zero-order chi connectivity index (χ0) is 12.0. The summed E-state index contributed by atoms with van der Waals surface area (Å²) < 4.78 is 18.1. The highest BCUT2D eigenvalue weighted by Crippen LogP contribution is 2.20. The van der Waals surface area contributed by atoms with Gasteiger partial charge in [-0.15, -0.1) is 0 Å². The smallest absolute Gasteiger partial charge is 0.130 e. The minimum absolute atomic E-state index is 0.149. The standard InChI is InChI=1S/C13H15FO2/c1-10(15)5-3-4-6-11-9-12(14)7-8-13(11)16-2/h4,6-9H,3,5H2,1-2H3/b6-4+. The Morgan fingerprint density at radius 1 is 1.50 bits per heavy atom. The van der Waals surface area contributed by atoms with Crippen LogP contribution in [0.1, 0.15) is 25.3 Å². The maximum absolute atomic E-state index is 13.0. The maximum atomic E-state index is 13.0. The number of hydrogen-bond donors (Lipinski definition) is 0. The van der Waals surface area contributed by atoms with E-state index in [1.54, 1.807) is 26.2 Å². The molecule has 0 N–H and O–H groups in total. The van der Waals surface area contributed by atoms with Gasteiger partial charge in [0.05, 0.1) is 7.11 Å². The number of carbonyl (C=O) groups is 1. The van der Waals surface area contributed by atoms with Crippen LogP contribution in [0.5, 0.6) is 5.75 Å². The minimum Gasteiger partial charge on any atom is -0.496 e. The summed E-state index contributed by atoms with van der Waals surface area (Å²) in [6.07, 6.45) is 4.78. The van der Waals surface area contributed by atoms with Gasteiger partial charge in [-0.25, -0.2) is 4.39 Å². The van der Waals surface area contributed by atoms with Gasteiger partial charge in [0.25, 0.3) is 0 Å². The van der Waals surface area contributed by atoms with Crippen molar-refractivity contribution < 1.29 is 13.9 Å². The van der Waals surface area contributed by atoms with Crippen molar-refractivity contribution in [3.05, 3.63) is 35.7 Å². The van der Waals surface area contributed by atoms with E-state index in [0.717, 1.165) is 0 Å². The average molecular weight is 222 g/mol. The van der Waals surface area contributed by atoms with Crippen molar-refractivity contribution in [3.8, 4) is 5.75 Å². The SMILES string of the molecule is COc1ccc(F)cc1/C=C/CCC(C)=O. The molecule has 1 rings (SSSR count). The molecule has 1 aromatic rings. The third kappa shape index (κ3) is 3.85. The number of hydrogen-bond acceptors (Lipinski definition) is 2. The van der Waals surface area contributed by atoms with Gasteiger partial charge in [0.2, 0.25) is 0 Å². The van der Waals surface area contributed by atoms with E-state index in [-0.39, 0.29) is 11.6 Å². The average Bonchev–Trinajstić information content (AvgIpc) is 2.24. The molecule has 0 aliphatic heterocycles. The molecule has 0 unspecified atom stereocenters. The molecule has 0 saturated heterocycles. The number of Topliss-reactive ketones (excluding diaryl/α,β-unsaturated/α-hetero) is 1. The van der Waals surface area contributed by atoms with E-state index in [0.29, 0.717) is 24.2 Å². The summed E-state index contributed by atoms with van der Waals surface area (Å²) in [6, 6.07) is 4.34. The normalized spacial score (nSPS) is 10.7. The Hall–Kier alpha value is -1.64. The molecule has 1 aromatic carbocycles. The molecule has 0 fully saturated rings. The van der Waals surface area contributed by atoms with Crippen molar-refractivity contribution in [3.63, 3.8) is 0 Å². The number of ketones is 1. The number of allylic oxidation sites excluding steroid dienone is 1. The van der Waals surface area contributed by atoms with Crippen LogP contribution < -0.4 is 4.74 Å². The molecule has 0 amide bonds. The summed E-state index contributed by atoms with van der Waals surface area (Å²) in [5, 5.41) is 0. The van der Waals surface area contributed by atoms with Crippen LogP contribution in [0.2, 0.25) is 0 Å². The first-order valence-electron chi connectivity index (χ1n) is 5.13. The predicted molar refractivity (Wildman–Crippen MR) is 61.9 cm³/mol. The van der Waals surface area contributed by atoms with E-state index in [9.17, 15) is 9.18 Å². The molecule has 0 atom stereocenters. The monoisotopic (exact) mass is 222 g/mol. The molecule has 3 heteroatoms. The predicted octanol–water partition coefficient (Wildman–Crippen LogP) is 3.22. The molecule has 0 radical (unpaired) electrons. The molecule has 2 nitrogen and oxygen atoms in total. The lowest BCUT2D eigenvalue weighted by atomic mass is 10.1. The third-order valence-electron chi connectivity index (χ3n) is 2.15. The number of halogens is 1. The number of carbonyl (C=O) groups excluding carboxylic acids is 1. The lowest BCUT2D eigenvalue weighted by Gasteiger charge is -2.04. The van der Waals surface area contributed by atoms with Crippen LogP contribution in [0.15, 0.2) is 24.3 Å². The summed E-state index contributed by atoms with van der Waals surface area (Å²) >= 11 is 0. The molecule has 0 aliphatic rings. The lowest BCUT2D eigenvalue weighted by Crippen LogP contribution is -1.89. The van der Waals surface area contributed by atoms with Gasteiger partial charge in [-0.3, -0.25) is 0 Å². The highest BCUT2D eigenvalue weighted by Gasteiger charge is 2.00. The van der Waals surface area contributed by atoms with Crippen molar-refractivity contribution in [2.24, 2.45) is 0 Å². The van der Waals surface area contributed by atoms with E-state index in [1.165, 1.54) is 12.1 Å². The second-order valence-electron chi connectivity index (χ2n) is 3.53. The van der Waals surface area contributed by atoms with Crippen molar-refractivity contribution in [2.45, 2.75) is 19.8 Å². The number of ether oxygens (including phenoxy) is 1. The van der Waals surface area contributed by atoms with Crippen molar-refractivity contribution in [1.29, 1.82) is 0 Å². The molecule has 0 spiro atoms.